The van der Waals surface area contributed by atoms with E-state index >= 15 is 0 Å². The SMILES string of the molecule is O=C(CCNCCc1ccccc1)N(CCN1CC[C@@H]1COc1cccnc1)C1CCCCC1. The first kappa shape index (κ1) is 24.7. The van der Waals surface area contributed by atoms with Gasteiger partial charge >= 0.3 is 0 Å². The van der Waals surface area contributed by atoms with E-state index in [0.717, 1.165) is 64.2 Å². The first-order valence-electron chi connectivity index (χ1n) is 13.1. The van der Waals surface area contributed by atoms with Crippen LogP contribution in [0.15, 0.2) is 54.9 Å². The molecule has 2 heterocycles. The molecule has 1 aliphatic carbocycles. The summed E-state index contributed by atoms with van der Waals surface area (Å²) in [5, 5.41) is 3.47. The van der Waals surface area contributed by atoms with E-state index in [1.807, 2.05) is 18.2 Å². The van der Waals surface area contributed by atoms with Crippen LogP contribution in [0.4, 0.5) is 0 Å². The van der Waals surface area contributed by atoms with Gasteiger partial charge in [0, 0.05) is 50.9 Å². The molecule has 1 aromatic heterocycles. The number of carbonyl (C=O) groups is 1. The molecule has 6 heteroatoms. The summed E-state index contributed by atoms with van der Waals surface area (Å²) >= 11 is 0. The lowest BCUT2D eigenvalue weighted by Crippen LogP contribution is -2.54. The van der Waals surface area contributed by atoms with E-state index in [-0.39, 0.29) is 0 Å². The van der Waals surface area contributed by atoms with Crippen LogP contribution in [0.25, 0.3) is 0 Å². The molecule has 2 aliphatic rings. The Hall–Kier alpha value is -2.44. The number of carbonyl (C=O) groups excluding carboxylic acids is 1. The maximum absolute atomic E-state index is 13.2. The average molecular weight is 465 g/mol. The predicted molar refractivity (Wildman–Crippen MR) is 136 cm³/mol. The molecule has 1 saturated heterocycles. The van der Waals surface area contributed by atoms with Crippen molar-refractivity contribution in [2.45, 2.75) is 63.5 Å². The number of aromatic nitrogens is 1. The number of nitrogens with zero attached hydrogens (tertiary/aromatic N) is 3. The molecule has 34 heavy (non-hydrogen) atoms. The summed E-state index contributed by atoms with van der Waals surface area (Å²) < 4.78 is 5.93. The molecule has 0 spiro atoms. The van der Waals surface area contributed by atoms with Crippen molar-refractivity contribution in [1.82, 2.24) is 20.1 Å². The lowest BCUT2D eigenvalue weighted by atomic mass is 9.93. The summed E-state index contributed by atoms with van der Waals surface area (Å²) in [6.45, 7) is 5.21. The third-order valence-corrected chi connectivity index (χ3v) is 7.26. The zero-order valence-corrected chi connectivity index (χ0v) is 20.4. The number of nitrogens with one attached hydrogen (secondary N) is 1. The van der Waals surface area contributed by atoms with Gasteiger partial charge in [-0.05, 0) is 49.9 Å². The van der Waals surface area contributed by atoms with E-state index in [2.05, 4.69) is 44.4 Å². The molecule has 4 rings (SSSR count). The highest BCUT2D eigenvalue weighted by atomic mass is 16.5. The number of benzene rings is 1. The van der Waals surface area contributed by atoms with Crippen molar-refractivity contribution in [1.29, 1.82) is 0 Å². The van der Waals surface area contributed by atoms with E-state index in [4.69, 9.17) is 4.74 Å². The van der Waals surface area contributed by atoms with Gasteiger partial charge in [0.1, 0.15) is 12.4 Å². The van der Waals surface area contributed by atoms with Crippen LogP contribution in [0, 0.1) is 0 Å². The van der Waals surface area contributed by atoms with Crippen LogP contribution in [-0.4, -0.2) is 72.1 Å². The maximum Gasteiger partial charge on any atom is 0.224 e. The van der Waals surface area contributed by atoms with E-state index < -0.39 is 0 Å². The first-order chi connectivity index (χ1) is 16.8. The topological polar surface area (TPSA) is 57.7 Å². The molecule has 1 aromatic carbocycles. The largest absolute Gasteiger partial charge is 0.490 e. The van der Waals surface area contributed by atoms with Crippen LogP contribution in [0.2, 0.25) is 0 Å². The lowest BCUT2D eigenvalue weighted by molar-refractivity contribution is -0.134. The Labute approximate surface area is 204 Å². The highest BCUT2D eigenvalue weighted by Gasteiger charge is 2.31. The van der Waals surface area contributed by atoms with Crippen molar-refractivity contribution in [3.63, 3.8) is 0 Å². The van der Waals surface area contributed by atoms with Crippen molar-refractivity contribution < 1.29 is 9.53 Å². The Morgan fingerprint density at radius 3 is 2.65 bits per heavy atom. The van der Waals surface area contributed by atoms with Gasteiger partial charge in [0.15, 0.2) is 0 Å². The van der Waals surface area contributed by atoms with Crippen LogP contribution >= 0.6 is 0 Å². The summed E-state index contributed by atoms with van der Waals surface area (Å²) in [4.78, 5) is 22.0. The number of rotatable bonds is 13. The summed E-state index contributed by atoms with van der Waals surface area (Å²) in [5.41, 5.74) is 1.33. The summed E-state index contributed by atoms with van der Waals surface area (Å²) in [6.07, 6.45) is 12.4. The van der Waals surface area contributed by atoms with Gasteiger partial charge in [-0.15, -0.1) is 0 Å². The number of hydrogen-bond donors (Lipinski definition) is 1. The Balaban J connectivity index is 1.20. The van der Waals surface area contributed by atoms with Gasteiger partial charge in [-0.3, -0.25) is 14.7 Å². The van der Waals surface area contributed by atoms with Gasteiger partial charge in [0.25, 0.3) is 0 Å². The Morgan fingerprint density at radius 1 is 1.06 bits per heavy atom. The fourth-order valence-electron chi connectivity index (χ4n) is 5.08. The van der Waals surface area contributed by atoms with Gasteiger partial charge in [0.05, 0.1) is 6.20 Å². The fraction of sp³-hybridized carbons (Fsp3) is 0.571. The van der Waals surface area contributed by atoms with E-state index in [1.54, 1.807) is 12.4 Å². The molecule has 184 valence electrons. The van der Waals surface area contributed by atoms with Crippen LogP contribution in [0.1, 0.15) is 50.5 Å². The molecule has 1 atom stereocenters. The van der Waals surface area contributed by atoms with Crippen molar-refractivity contribution in [3.05, 3.63) is 60.4 Å². The van der Waals surface area contributed by atoms with Gasteiger partial charge in [-0.1, -0.05) is 49.6 Å². The quantitative estimate of drug-likeness (QED) is 0.456. The normalized spacial score (nSPS) is 18.9. The lowest BCUT2D eigenvalue weighted by Gasteiger charge is -2.43. The molecular formula is C28H40N4O2. The van der Waals surface area contributed by atoms with Crippen LogP contribution in [0.3, 0.4) is 0 Å². The first-order valence-corrected chi connectivity index (χ1v) is 13.1. The van der Waals surface area contributed by atoms with E-state index in [1.165, 1.54) is 24.8 Å². The van der Waals surface area contributed by atoms with Crippen molar-refractivity contribution >= 4 is 5.91 Å². The van der Waals surface area contributed by atoms with Gasteiger partial charge < -0.3 is 15.0 Å². The van der Waals surface area contributed by atoms with Gasteiger partial charge in [-0.2, -0.15) is 0 Å². The fourth-order valence-corrected chi connectivity index (χ4v) is 5.08. The minimum absolute atomic E-state index is 0.308. The van der Waals surface area contributed by atoms with Gasteiger partial charge in [0.2, 0.25) is 5.91 Å². The standard InChI is InChI=1S/C28H40N4O2/c33-28(14-18-29-17-13-24-8-3-1-4-9-24)32(25-10-5-2-6-11-25)21-20-31-19-15-26(31)23-34-27-12-7-16-30-22-27/h1,3-4,7-9,12,16,22,25-26,29H,2,5-6,10-11,13-15,17-21,23H2/t26-/m1/s1. The zero-order valence-electron chi connectivity index (χ0n) is 20.4. The number of pyridine rings is 1. The minimum atomic E-state index is 0.308. The molecule has 0 bridgehead atoms. The number of likely N-dealkylation sites (tertiary alicyclic amines) is 1. The zero-order chi connectivity index (χ0) is 23.4. The highest BCUT2D eigenvalue weighted by molar-refractivity contribution is 5.76. The van der Waals surface area contributed by atoms with Gasteiger partial charge in [-0.25, -0.2) is 0 Å². The minimum Gasteiger partial charge on any atom is -0.490 e. The number of hydrogen-bond acceptors (Lipinski definition) is 5. The average Bonchev–Trinajstić information content (AvgIpc) is 2.87. The smallest absolute Gasteiger partial charge is 0.224 e. The summed E-state index contributed by atoms with van der Waals surface area (Å²) in [5.74, 6) is 1.14. The summed E-state index contributed by atoms with van der Waals surface area (Å²) in [7, 11) is 0. The van der Waals surface area contributed by atoms with E-state index in [9.17, 15) is 4.79 Å². The highest BCUT2D eigenvalue weighted by Crippen LogP contribution is 2.24. The molecule has 6 nitrogen and oxygen atoms in total. The molecule has 1 amide bonds. The molecule has 1 saturated carbocycles. The second-order valence-corrected chi connectivity index (χ2v) is 9.59. The Bertz CT molecular complexity index is 842. The van der Waals surface area contributed by atoms with Crippen molar-refractivity contribution in [2.24, 2.45) is 0 Å². The molecule has 0 unspecified atom stereocenters. The van der Waals surface area contributed by atoms with Crippen LogP contribution < -0.4 is 10.1 Å². The van der Waals surface area contributed by atoms with E-state index in [0.29, 0.717) is 31.0 Å². The van der Waals surface area contributed by atoms with Crippen molar-refractivity contribution in [2.75, 3.05) is 39.3 Å². The molecular weight excluding hydrogens is 424 g/mol. The molecule has 2 aromatic rings. The Kier molecular flexibility index (Phi) is 9.76. The molecule has 2 fully saturated rings. The molecule has 0 radical (unpaired) electrons. The summed E-state index contributed by atoms with van der Waals surface area (Å²) in [6, 6.07) is 15.2. The number of amides is 1. The second-order valence-electron chi connectivity index (χ2n) is 9.59. The van der Waals surface area contributed by atoms with Crippen LogP contribution in [0.5, 0.6) is 5.75 Å². The third-order valence-electron chi connectivity index (χ3n) is 7.26. The number of ether oxygens (including phenoxy) is 1. The van der Waals surface area contributed by atoms with Crippen molar-refractivity contribution in [3.8, 4) is 5.75 Å². The maximum atomic E-state index is 13.2. The monoisotopic (exact) mass is 464 g/mol. The third kappa shape index (κ3) is 7.54. The molecule has 1 aliphatic heterocycles. The predicted octanol–water partition coefficient (Wildman–Crippen LogP) is 3.92. The second kappa shape index (κ2) is 13.4. The molecule has 1 N–H and O–H groups in total. The van der Waals surface area contributed by atoms with Crippen LogP contribution in [-0.2, 0) is 11.2 Å². The Morgan fingerprint density at radius 2 is 1.91 bits per heavy atom.